The zero-order valence-electron chi connectivity index (χ0n) is 16.2. The molecule has 2 atom stereocenters. The van der Waals surface area contributed by atoms with Gasteiger partial charge in [-0.1, -0.05) is 13.0 Å². The summed E-state index contributed by atoms with van der Waals surface area (Å²) in [5, 5.41) is 5.91. The largest absolute Gasteiger partial charge is 0.433 e. The molecule has 0 aliphatic carbocycles. The van der Waals surface area contributed by atoms with Gasteiger partial charge < -0.3 is 15.4 Å². The molecule has 3 aromatic rings. The lowest BCUT2D eigenvalue weighted by Gasteiger charge is -2.16. The molecule has 1 aliphatic heterocycles. The van der Waals surface area contributed by atoms with Gasteiger partial charge in [0.25, 0.3) is 0 Å². The minimum absolute atomic E-state index is 0.00863. The molecule has 0 spiro atoms. The van der Waals surface area contributed by atoms with E-state index in [0.29, 0.717) is 13.2 Å². The van der Waals surface area contributed by atoms with E-state index in [1.165, 1.54) is 24.4 Å². The molecule has 0 amide bonds. The fraction of sp³-hybridized carbons (Fsp3) is 0.316. The van der Waals surface area contributed by atoms with Crippen LogP contribution >= 0.6 is 0 Å². The van der Waals surface area contributed by atoms with E-state index in [9.17, 15) is 17.6 Å². The Kier molecular flexibility index (Phi) is 5.63. The van der Waals surface area contributed by atoms with Gasteiger partial charge in [0.05, 0.1) is 37.3 Å². The lowest BCUT2D eigenvalue weighted by molar-refractivity contribution is -0.141. The predicted octanol–water partition coefficient (Wildman–Crippen LogP) is 3.68. The van der Waals surface area contributed by atoms with E-state index < -0.39 is 17.7 Å². The molecule has 0 bridgehead atoms. The highest BCUT2D eigenvalue weighted by Gasteiger charge is 2.33. The maximum atomic E-state index is 13.5. The van der Waals surface area contributed by atoms with Crippen molar-refractivity contribution >= 4 is 17.6 Å². The molecule has 4 rings (SSSR count). The molecule has 4 heterocycles. The predicted molar refractivity (Wildman–Crippen MR) is 103 cm³/mol. The molecule has 2 unspecified atom stereocenters. The van der Waals surface area contributed by atoms with Crippen molar-refractivity contribution in [1.29, 1.82) is 0 Å². The fourth-order valence-electron chi connectivity index (χ4n) is 2.95. The number of anilines is 3. The maximum absolute atomic E-state index is 13.5. The van der Waals surface area contributed by atoms with Crippen LogP contribution in [0.1, 0.15) is 12.6 Å². The summed E-state index contributed by atoms with van der Waals surface area (Å²) in [6, 6.07) is 4.54. The number of hydrogen-bond acceptors (Lipinski definition) is 8. The summed E-state index contributed by atoms with van der Waals surface area (Å²) in [6.45, 7) is 2.98. The Balaban J connectivity index is 1.72. The number of nitrogens with one attached hydrogen (secondary N) is 2. The van der Waals surface area contributed by atoms with Gasteiger partial charge in [0.1, 0.15) is 17.2 Å². The molecule has 8 nitrogen and oxygen atoms in total. The zero-order chi connectivity index (χ0) is 22.0. The molecular formula is C19H17F4N7O. The minimum Gasteiger partial charge on any atom is -0.379 e. The second kappa shape index (κ2) is 8.38. The second-order valence-electron chi connectivity index (χ2n) is 6.99. The topological polar surface area (TPSA) is 97.7 Å². The van der Waals surface area contributed by atoms with Crippen molar-refractivity contribution < 1.29 is 22.3 Å². The van der Waals surface area contributed by atoms with E-state index in [1.54, 1.807) is 0 Å². The molecule has 3 aromatic heterocycles. The van der Waals surface area contributed by atoms with Crippen LogP contribution in [0, 0.1) is 11.7 Å². The molecule has 31 heavy (non-hydrogen) atoms. The maximum Gasteiger partial charge on any atom is 0.433 e. The van der Waals surface area contributed by atoms with Crippen molar-refractivity contribution in [2.75, 3.05) is 23.8 Å². The number of aromatic nitrogens is 5. The van der Waals surface area contributed by atoms with Gasteiger partial charge in [0, 0.05) is 12.0 Å². The lowest BCUT2D eigenvalue weighted by Crippen LogP contribution is -2.27. The summed E-state index contributed by atoms with van der Waals surface area (Å²) in [5.41, 5.74) is -0.893. The van der Waals surface area contributed by atoms with Crippen LogP contribution in [0.5, 0.6) is 0 Å². The van der Waals surface area contributed by atoms with Crippen LogP contribution in [0.4, 0.5) is 35.1 Å². The fourth-order valence-corrected chi connectivity index (χ4v) is 2.95. The molecule has 1 fully saturated rings. The number of pyridine rings is 2. The van der Waals surface area contributed by atoms with Gasteiger partial charge >= 0.3 is 6.18 Å². The summed E-state index contributed by atoms with van der Waals surface area (Å²) in [5.74, 6) is -0.365. The third-order valence-electron chi connectivity index (χ3n) is 4.54. The van der Waals surface area contributed by atoms with Crippen LogP contribution < -0.4 is 10.6 Å². The first-order chi connectivity index (χ1) is 14.8. The third kappa shape index (κ3) is 5.02. The van der Waals surface area contributed by atoms with Gasteiger partial charge in [0.2, 0.25) is 11.9 Å². The van der Waals surface area contributed by atoms with Crippen LogP contribution in [0.25, 0.3) is 11.5 Å². The first-order valence-corrected chi connectivity index (χ1v) is 9.30. The quantitative estimate of drug-likeness (QED) is 0.586. The van der Waals surface area contributed by atoms with E-state index in [1.807, 2.05) is 6.92 Å². The smallest absolute Gasteiger partial charge is 0.379 e. The van der Waals surface area contributed by atoms with Gasteiger partial charge in [-0.3, -0.25) is 4.98 Å². The highest BCUT2D eigenvalue weighted by Crippen LogP contribution is 2.29. The average Bonchev–Trinajstić information content (AvgIpc) is 3.12. The van der Waals surface area contributed by atoms with Gasteiger partial charge in [-0.2, -0.15) is 28.1 Å². The van der Waals surface area contributed by atoms with Crippen molar-refractivity contribution in [3.8, 4) is 11.5 Å². The normalized spacial score (nSPS) is 18.7. The molecule has 2 N–H and O–H groups in total. The Labute approximate surface area is 174 Å². The first-order valence-electron chi connectivity index (χ1n) is 9.30. The highest BCUT2D eigenvalue weighted by molar-refractivity contribution is 5.58. The van der Waals surface area contributed by atoms with Crippen molar-refractivity contribution in [3.05, 3.63) is 48.2 Å². The molecule has 162 valence electrons. The van der Waals surface area contributed by atoms with Crippen LogP contribution in [-0.2, 0) is 10.9 Å². The Hall–Kier alpha value is -3.41. The van der Waals surface area contributed by atoms with Crippen molar-refractivity contribution in [3.63, 3.8) is 0 Å². The number of alkyl halides is 3. The monoisotopic (exact) mass is 435 g/mol. The minimum atomic E-state index is -4.62. The number of ether oxygens (including phenoxy) is 1. The number of halogens is 4. The Morgan fingerprint density at radius 1 is 1.03 bits per heavy atom. The Morgan fingerprint density at radius 3 is 2.55 bits per heavy atom. The van der Waals surface area contributed by atoms with Crippen molar-refractivity contribution in [1.82, 2.24) is 24.9 Å². The number of nitrogens with zero attached hydrogens (tertiary/aromatic N) is 5. The second-order valence-corrected chi connectivity index (χ2v) is 6.99. The molecule has 0 saturated carbocycles. The highest BCUT2D eigenvalue weighted by atomic mass is 19.4. The summed E-state index contributed by atoms with van der Waals surface area (Å²) < 4.78 is 58.1. The van der Waals surface area contributed by atoms with Crippen molar-refractivity contribution in [2.24, 2.45) is 5.92 Å². The van der Waals surface area contributed by atoms with Gasteiger partial charge in [-0.15, -0.1) is 0 Å². The van der Waals surface area contributed by atoms with E-state index in [-0.39, 0.29) is 41.1 Å². The molecule has 1 aliphatic rings. The van der Waals surface area contributed by atoms with Gasteiger partial charge in [0.15, 0.2) is 5.82 Å². The summed E-state index contributed by atoms with van der Waals surface area (Å²) >= 11 is 0. The van der Waals surface area contributed by atoms with E-state index in [2.05, 4.69) is 35.6 Å². The zero-order valence-corrected chi connectivity index (χ0v) is 16.2. The lowest BCUT2D eigenvalue weighted by atomic mass is 10.1. The van der Waals surface area contributed by atoms with Crippen LogP contribution in [0.15, 0.2) is 36.7 Å². The first kappa shape index (κ1) is 20.8. The molecule has 0 radical (unpaired) electrons. The van der Waals surface area contributed by atoms with E-state index in [4.69, 9.17) is 4.74 Å². The Morgan fingerprint density at radius 2 is 1.84 bits per heavy atom. The summed E-state index contributed by atoms with van der Waals surface area (Å²) in [4.78, 5) is 20.0. The average molecular weight is 435 g/mol. The summed E-state index contributed by atoms with van der Waals surface area (Å²) in [7, 11) is 0. The van der Waals surface area contributed by atoms with E-state index in [0.717, 1.165) is 12.3 Å². The van der Waals surface area contributed by atoms with E-state index >= 15 is 0 Å². The molecule has 0 aromatic carbocycles. The van der Waals surface area contributed by atoms with Crippen LogP contribution in [0.3, 0.4) is 0 Å². The van der Waals surface area contributed by atoms with Crippen LogP contribution in [-0.4, -0.2) is 44.2 Å². The molecular weight excluding hydrogens is 418 g/mol. The Bertz CT molecular complexity index is 1080. The standard InChI is InChI=1S/C19H17F4N7O/c1-10-8-31-9-14(10)27-18-29-16(13-3-2-4-15(26-13)19(21,22)23)28-17(30-18)25-12-5-11(20)6-24-7-12/h2-7,10,14H,8-9H2,1H3,(H2,25,27,28,29,30). The van der Waals surface area contributed by atoms with Gasteiger partial charge in [-0.05, 0) is 12.1 Å². The van der Waals surface area contributed by atoms with Gasteiger partial charge in [-0.25, -0.2) is 9.37 Å². The van der Waals surface area contributed by atoms with Crippen LogP contribution in [0.2, 0.25) is 0 Å². The SMILES string of the molecule is CC1COCC1Nc1nc(Nc2cncc(F)c2)nc(-c2cccc(C(F)(F)F)n2)n1. The number of hydrogen-bond donors (Lipinski definition) is 2. The third-order valence-corrected chi connectivity index (χ3v) is 4.54. The molecule has 1 saturated heterocycles. The number of rotatable bonds is 5. The molecule has 12 heteroatoms. The van der Waals surface area contributed by atoms with Crippen molar-refractivity contribution in [2.45, 2.75) is 19.1 Å². The summed E-state index contributed by atoms with van der Waals surface area (Å²) in [6.07, 6.45) is -2.23.